The molecule has 1 fully saturated rings. The zero-order valence-corrected chi connectivity index (χ0v) is 11.4. The van der Waals surface area contributed by atoms with Gasteiger partial charge >= 0.3 is 0 Å². The first kappa shape index (κ1) is 13.6. The van der Waals surface area contributed by atoms with Crippen LogP contribution in [-0.4, -0.2) is 29.7 Å². The van der Waals surface area contributed by atoms with Crippen molar-refractivity contribution in [3.63, 3.8) is 0 Å². The van der Waals surface area contributed by atoms with Gasteiger partial charge in [-0.1, -0.05) is 24.3 Å². The first-order valence-electron chi connectivity index (χ1n) is 7.23. The van der Waals surface area contributed by atoms with Gasteiger partial charge in [0.2, 0.25) is 0 Å². The second kappa shape index (κ2) is 6.91. The molecular weight excluding hydrogens is 222 g/mol. The number of aryl methyl sites for hydroxylation is 1. The van der Waals surface area contributed by atoms with Crippen LogP contribution in [0.2, 0.25) is 0 Å². The van der Waals surface area contributed by atoms with Gasteiger partial charge in [0.15, 0.2) is 0 Å². The minimum Gasteiger partial charge on any atom is -0.396 e. The first-order chi connectivity index (χ1) is 8.83. The molecular formula is C16H25NO. The highest BCUT2D eigenvalue weighted by Crippen LogP contribution is 2.33. The molecule has 1 saturated heterocycles. The van der Waals surface area contributed by atoms with E-state index in [-0.39, 0.29) is 0 Å². The highest BCUT2D eigenvalue weighted by atomic mass is 16.2. The molecule has 0 saturated carbocycles. The van der Waals surface area contributed by atoms with Crippen LogP contribution in [0.1, 0.15) is 49.3 Å². The van der Waals surface area contributed by atoms with E-state index in [0.29, 0.717) is 12.6 Å². The molecule has 1 aliphatic rings. The molecule has 2 heteroatoms. The van der Waals surface area contributed by atoms with Gasteiger partial charge in [-0.25, -0.2) is 0 Å². The highest BCUT2D eigenvalue weighted by molar-refractivity contribution is 5.29. The molecule has 0 bridgehead atoms. The summed E-state index contributed by atoms with van der Waals surface area (Å²) in [7, 11) is 0. The van der Waals surface area contributed by atoms with Gasteiger partial charge in [0.05, 0.1) is 0 Å². The Kier molecular flexibility index (Phi) is 5.21. The molecule has 0 radical (unpaired) electrons. The van der Waals surface area contributed by atoms with Crippen molar-refractivity contribution < 1.29 is 5.11 Å². The fraction of sp³-hybridized carbons (Fsp3) is 0.625. The van der Waals surface area contributed by atoms with Crippen molar-refractivity contribution in [3.05, 3.63) is 35.4 Å². The summed E-state index contributed by atoms with van der Waals surface area (Å²) in [4.78, 5) is 2.62. The van der Waals surface area contributed by atoms with E-state index in [1.165, 1.54) is 43.5 Å². The van der Waals surface area contributed by atoms with Crippen LogP contribution >= 0.6 is 0 Å². The standard InChI is InChI=1S/C16H25NO/c1-14-8-3-4-9-15(14)16-10-7-12-17(16)11-5-2-6-13-18/h3-4,8-9,16,18H,2,5-7,10-13H2,1H3. The van der Waals surface area contributed by atoms with Crippen molar-refractivity contribution in [1.29, 1.82) is 0 Å². The Morgan fingerprint density at radius 3 is 2.83 bits per heavy atom. The number of rotatable bonds is 6. The molecule has 1 unspecified atom stereocenters. The molecule has 1 N–H and O–H groups in total. The largest absolute Gasteiger partial charge is 0.396 e. The number of benzene rings is 1. The topological polar surface area (TPSA) is 23.5 Å². The lowest BCUT2D eigenvalue weighted by molar-refractivity contribution is 0.240. The molecule has 2 nitrogen and oxygen atoms in total. The lowest BCUT2D eigenvalue weighted by Gasteiger charge is -2.26. The van der Waals surface area contributed by atoms with Crippen molar-refractivity contribution in [2.75, 3.05) is 19.7 Å². The SMILES string of the molecule is Cc1ccccc1C1CCCN1CCCCCO. The Bertz CT molecular complexity index is 364. The van der Waals surface area contributed by atoms with Gasteiger partial charge < -0.3 is 5.11 Å². The van der Waals surface area contributed by atoms with Crippen LogP contribution in [0.3, 0.4) is 0 Å². The van der Waals surface area contributed by atoms with Crippen LogP contribution in [0, 0.1) is 6.92 Å². The van der Waals surface area contributed by atoms with E-state index in [4.69, 9.17) is 5.11 Å². The molecule has 1 atom stereocenters. The number of hydrogen-bond donors (Lipinski definition) is 1. The van der Waals surface area contributed by atoms with Crippen molar-refractivity contribution in [3.8, 4) is 0 Å². The molecule has 0 aromatic heterocycles. The Labute approximate surface area is 111 Å². The summed E-state index contributed by atoms with van der Waals surface area (Å²) < 4.78 is 0. The summed E-state index contributed by atoms with van der Waals surface area (Å²) >= 11 is 0. The summed E-state index contributed by atoms with van der Waals surface area (Å²) in [5.74, 6) is 0. The van der Waals surface area contributed by atoms with Gasteiger partial charge in [0.1, 0.15) is 0 Å². The highest BCUT2D eigenvalue weighted by Gasteiger charge is 2.26. The fourth-order valence-electron chi connectivity index (χ4n) is 3.01. The molecule has 0 spiro atoms. The average Bonchev–Trinajstić information content (AvgIpc) is 2.83. The quantitative estimate of drug-likeness (QED) is 0.780. The van der Waals surface area contributed by atoms with Gasteiger partial charge in [-0.2, -0.15) is 0 Å². The zero-order valence-electron chi connectivity index (χ0n) is 11.4. The molecule has 0 amide bonds. The van der Waals surface area contributed by atoms with Gasteiger partial charge in [-0.15, -0.1) is 0 Å². The third kappa shape index (κ3) is 3.33. The van der Waals surface area contributed by atoms with E-state index in [1.54, 1.807) is 0 Å². The van der Waals surface area contributed by atoms with Crippen LogP contribution in [0.4, 0.5) is 0 Å². The number of aliphatic hydroxyl groups excluding tert-OH is 1. The monoisotopic (exact) mass is 247 g/mol. The van der Waals surface area contributed by atoms with E-state index >= 15 is 0 Å². The molecule has 1 aliphatic heterocycles. The van der Waals surface area contributed by atoms with Crippen molar-refractivity contribution in [2.45, 2.75) is 45.1 Å². The lowest BCUT2D eigenvalue weighted by Crippen LogP contribution is -2.25. The van der Waals surface area contributed by atoms with Gasteiger partial charge in [0, 0.05) is 12.6 Å². The van der Waals surface area contributed by atoms with Crippen molar-refractivity contribution >= 4 is 0 Å². The molecule has 18 heavy (non-hydrogen) atoms. The van der Waals surface area contributed by atoms with Crippen molar-refractivity contribution in [1.82, 2.24) is 4.90 Å². The summed E-state index contributed by atoms with van der Waals surface area (Å²) in [6.45, 7) is 4.97. The number of unbranched alkanes of at least 4 members (excludes halogenated alkanes) is 2. The van der Waals surface area contributed by atoms with Crippen molar-refractivity contribution in [2.24, 2.45) is 0 Å². The fourth-order valence-corrected chi connectivity index (χ4v) is 3.01. The third-order valence-corrected chi connectivity index (χ3v) is 4.01. The Hall–Kier alpha value is -0.860. The molecule has 0 aliphatic carbocycles. The number of nitrogens with zero attached hydrogens (tertiary/aromatic N) is 1. The van der Waals surface area contributed by atoms with E-state index in [0.717, 1.165) is 12.8 Å². The van der Waals surface area contributed by atoms with Crippen LogP contribution < -0.4 is 0 Å². The maximum absolute atomic E-state index is 8.81. The van der Waals surface area contributed by atoms with Gasteiger partial charge in [0.25, 0.3) is 0 Å². The number of aliphatic hydroxyl groups is 1. The molecule has 1 aromatic rings. The van der Waals surface area contributed by atoms with E-state index in [9.17, 15) is 0 Å². The van der Waals surface area contributed by atoms with Crippen LogP contribution in [-0.2, 0) is 0 Å². The van der Waals surface area contributed by atoms with Gasteiger partial charge in [-0.3, -0.25) is 4.90 Å². The number of hydrogen-bond acceptors (Lipinski definition) is 2. The van der Waals surface area contributed by atoms with Gasteiger partial charge in [-0.05, 0) is 63.2 Å². The second-order valence-electron chi connectivity index (χ2n) is 5.33. The van der Waals surface area contributed by atoms with Crippen LogP contribution in [0.25, 0.3) is 0 Å². The predicted molar refractivity (Wildman–Crippen MR) is 75.7 cm³/mol. The van der Waals surface area contributed by atoms with E-state index < -0.39 is 0 Å². The summed E-state index contributed by atoms with van der Waals surface area (Å²) in [5.41, 5.74) is 2.93. The van der Waals surface area contributed by atoms with E-state index in [2.05, 4.69) is 36.1 Å². The van der Waals surface area contributed by atoms with E-state index in [1.807, 2.05) is 0 Å². The lowest BCUT2D eigenvalue weighted by atomic mass is 9.99. The summed E-state index contributed by atoms with van der Waals surface area (Å²) in [5, 5.41) is 8.81. The maximum atomic E-state index is 8.81. The average molecular weight is 247 g/mol. The normalized spacial score (nSPS) is 20.4. The minimum absolute atomic E-state index is 0.335. The summed E-state index contributed by atoms with van der Waals surface area (Å²) in [6, 6.07) is 9.41. The Balaban J connectivity index is 1.93. The third-order valence-electron chi connectivity index (χ3n) is 4.01. The Morgan fingerprint density at radius 1 is 1.22 bits per heavy atom. The number of likely N-dealkylation sites (tertiary alicyclic amines) is 1. The molecule has 1 aromatic carbocycles. The zero-order chi connectivity index (χ0) is 12.8. The maximum Gasteiger partial charge on any atom is 0.0431 e. The molecule has 100 valence electrons. The van der Waals surface area contributed by atoms with Crippen LogP contribution in [0.15, 0.2) is 24.3 Å². The minimum atomic E-state index is 0.335. The molecule has 2 rings (SSSR count). The van der Waals surface area contributed by atoms with Crippen LogP contribution in [0.5, 0.6) is 0 Å². The first-order valence-corrected chi connectivity index (χ1v) is 7.23. The Morgan fingerprint density at radius 2 is 2.06 bits per heavy atom. The summed E-state index contributed by atoms with van der Waals surface area (Å²) in [6.07, 6.45) is 5.92. The molecule has 1 heterocycles. The smallest absolute Gasteiger partial charge is 0.0431 e. The predicted octanol–water partition coefficient (Wildman–Crippen LogP) is 3.29. The second-order valence-corrected chi connectivity index (χ2v) is 5.33.